The molecular formula is C12H18N4O3S. The molecule has 0 spiro atoms. The Morgan fingerprint density at radius 3 is 2.95 bits per heavy atom. The third-order valence-corrected chi connectivity index (χ3v) is 4.11. The molecule has 1 N–H and O–H groups in total. The van der Waals surface area contributed by atoms with Crippen molar-refractivity contribution < 1.29 is 14.3 Å². The van der Waals surface area contributed by atoms with Gasteiger partial charge < -0.3 is 15.0 Å². The second kappa shape index (κ2) is 5.84. The highest BCUT2D eigenvalue weighted by molar-refractivity contribution is 7.08. The van der Waals surface area contributed by atoms with Gasteiger partial charge in [-0.3, -0.25) is 9.59 Å². The standard InChI is InChI=1S/C12H18N4O3S/c1-4-8-9(20-15-14-8)10(17)16-5-6-19-12(2,7-16)11(18)13-3/h4-7H2,1-3H3,(H,13,18). The molecule has 8 heteroatoms. The van der Waals surface area contributed by atoms with E-state index in [-0.39, 0.29) is 18.4 Å². The molecule has 1 atom stereocenters. The maximum absolute atomic E-state index is 12.5. The van der Waals surface area contributed by atoms with Gasteiger partial charge in [0.2, 0.25) is 0 Å². The maximum Gasteiger partial charge on any atom is 0.267 e. The van der Waals surface area contributed by atoms with Crippen LogP contribution in [0.25, 0.3) is 0 Å². The highest BCUT2D eigenvalue weighted by atomic mass is 32.1. The molecule has 1 aromatic rings. The van der Waals surface area contributed by atoms with Crippen molar-refractivity contribution in [2.45, 2.75) is 25.9 Å². The van der Waals surface area contributed by atoms with Crippen LogP contribution in [-0.4, -0.2) is 58.6 Å². The van der Waals surface area contributed by atoms with E-state index in [1.807, 2.05) is 6.92 Å². The van der Waals surface area contributed by atoms with Gasteiger partial charge in [-0.05, 0) is 24.9 Å². The van der Waals surface area contributed by atoms with Crippen molar-refractivity contribution in [1.29, 1.82) is 0 Å². The Bertz CT molecular complexity index is 519. The smallest absolute Gasteiger partial charge is 0.267 e. The SMILES string of the molecule is CCc1nnsc1C(=O)N1CCOC(C)(C(=O)NC)C1. The third kappa shape index (κ3) is 2.66. The number of likely N-dealkylation sites (N-methyl/N-ethyl adjacent to an activating group) is 1. The fraction of sp³-hybridized carbons (Fsp3) is 0.667. The molecule has 1 aromatic heterocycles. The van der Waals surface area contributed by atoms with Gasteiger partial charge in [0, 0.05) is 13.6 Å². The van der Waals surface area contributed by atoms with Gasteiger partial charge in [-0.25, -0.2) is 0 Å². The Morgan fingerprint density at radius 2 is 2.30 bits per heavy atom. The van der Waals surface area contributed by atoms with Crippen molar-refractivity contribution in [3.63, 3.8) is 0 Å². The molecule has 110 valence electrons. The Balaban J connectivity index is 2.17. The van der Waals surface area contributed by atoms with E-state index in [1.54, 1.807) is 18.9 Å². The number of rotatable bonds is 3. The number of morpholine rings is 1. The van der Waals surface area contributed by atoms with E-state index in [0.29, 0.717) is 30.1 Å². The van der Waals surface area contributed by atoms with Crippen LogP contribution in [-0.2, 0) is 16.0 Å². The zero-order valence-corrected chi connectivity index (χ0v) is 12.6. The van der Waals surface area contributed by atoms with Crippen molar-refractivity contribution in [2.75, 3.05) is 26.7 Å². The lowest BCUT2D eigenvalue weighted by molar-refractivity contribution is -0.153. The summed E-state index contributed by atoms with van der Waals surface area (Å²) in [5.41, 5.74) is -0.305. The summed E-state index contributed by atoms with van der Waals surface area (Å²) in [6, 6.07) is 0. The number of amides is 2. The summed E-state index contributed by atoms with van der Waals surface area (Å²) in [6.07, 6.45) is 0.661. The van der Waals surface area contributed by atoms with Gasteiger partial charge >= 0.3 is 0 Å². The van der Waals surface area contributed by atoms with Crippen LogP contribution in [0.4, 0.5) is 0 Å². The fourth-order valence-corrected chi connectivity index (χ4v) is 2.91. The van der Waals surface area contributed by atoms with Crippen molar-refractivity contribution in [1.82, 2.24) is 19.8 Å². The number of nitrogens with one attached hydrogen (secondary N) is 1. The molecule has 1 unspecified atom stereocenters. The van der Waals surface area contributed by atoms with Crippen molar-refractivity contribution in [2.24, 2.45) is 0 Å². The molecule has 1 saturated heterocycles. The zero-order valence-electron chi connectivity index (χ0n) is 11.8. The molecular weight excluding hydrogens is 280 g/mol. The first kappa shape index (κ1) is 14.9. The largest absolute Gasteiger partial charge is 0.362 e. The van der Waals surface area contributed by atoms with Crippen molar-refractivity contribution >= 4 is 23.3 Å². The Hall–Kier alpha value is -1.54. The summed E-state index contributed by atoms with van der Waals surface area (Å²) >= 11 is 1.10. The number of aryl methyl sites for hydroxylation is 1. The number of hydrogen-bond acceptors (Lipinski definition) is 6. The van der Waals surface area contributed by atoms with Crippen LogP contribution >= 0.6 is 11.5 Å². The lowest BCUT2D eigenvalue weighted by atomic mass is 10.0. The molecule has 0 saturated carbocycles. The van der Waals surface area contributed by atoms with Gasteiger partial charge in [-0.1, -0.05) is 11.4 Å². The Labute approximate surface area is 121 Å². The highest BCUT2D eigenvalue weighted by Crippen LogP contribution is 2.22. The molecule has 0 radical (unpaired) electrons. The van der Waals surface area contributed by atoms with E-state index >= 15 is 0 Å². The second-order valence-electron chi connectivity index (χ2n) is 4.79. The van der Waals surface area contributed by atoms with Crippen LogP contribution in [0.3, 0.4) is 0 Å². The zero-order chi connectivity index (χ0) is 14.8. The number of carbonyl (C=O) groups is 2. The van der Waals surface area contributed by atoms with E-state index in [1.165, 1.54) is 0 Å². The molecule has 1 aliphatic rings. The number of nitrogens with zero attached hydrogens (tertiary/aromatic N) is 3. The van der Waals surface area contributed by atoms with E-state index in [9.17, 15) is 9.59 Å². The number of carbonyl (C=O) groups excluding carboxylic acids is 2. The molecule has 20 heavy (non-hydrogen) atoms. The molecule has 0 aromatic carbocycles. The Morgan fingerprint density at radius 1 is 1.55 bits per heavy atom. The number of aromatic nitrogens is 2. The van der Waals surface area contributed by atoms with Gasteiger partial charge in [0.1, 0.15) is 4.88 Å². The first-order valence-corrected chi connectivity index (χ1v) is 7.26. The average molecular weight is 298 g/mol. The topological polar surface area (TPSA) is 84.4 Å². The van der Waals surface area contributed by atoms with Gasteiger partial charge in [0.15, 0.2) is 5.60 Å². The summed E-state index contributed by atoms with van der Waals surface area (Å²) in [5.74, 6) is -0.358. The molecule has 2 heterocycles. The van der Waals surface area contributed by atoms with Gasteiger partial charge in [-0.15, -0.1) is 5.10 Å². The van der Waals surface area contributed by atoms with Gasteiger partial charge in [-0.2, -0.15) is 0 Å². The average Bonchev–Trinajstić information content (AvgIpc) is 2.94. The van der Waals surface area contributed by atoms with Crippen molar-refractivity contribution in [3.8, 4) is 0 Å². The second-order valence-corrected chi connectivity index (χ2v) is 5.54. The maximum atomic E-state index is 12.5. The predicted molar refractivity (Wildman–Crippen MR) is 73.6 cm³/mol. The van der Waals surface area contributed by atoms with Crippen LogP contribution in [0.2, 0.25) is 0 Å². The minimum absolute atomic E-state index is 0.129. The lowest BCUT2D eigenvalue weighted by Crippen LogP contribution is -2.58. The molecule has 0 bridgehead atoms. The van der Waals surface area contributed by atoms with Crippen LogP contribution in [0.15, 0.2) is 0 Å². The quantitative estimate of drug-likeness (QED) is 0.854. The van der Waals surface area contributed by atoms with Crippen LogP contribution < -0.4 is 5.32 Å². The Kier molecular flexibility index (Phi) is 4.34. The van der Waals surface area contributed by atoms with Crippen LogP contribution in [0.1, 0.15) is 29.2 Å². The minimum atomic E-state index is -1.01. The van der Waals surface area contributed by atoms with Gasteiger partial charge in [0.25, 0.3) is 11.8 Å². The first-order chi connectivity index (χ1) is 9.51. The molecule has 7 nitrogen and oxygen atoms in total. The van der Waals surface area contributed by atoms with Crippen LogP contribution in [0, 0.1) is 0 Å². The van der Waals surface area contributed by atoms with E-state index < -0.39 is 5.60 Å². The summed E-state index contributed by atoms with van der Waals surface area (Å²) < 4.78 is 9.37. The van der Waals surface area contributed by atoms with Gasteiger partial charge in [0.05, 0.1) is 18.8 Å². The normalized spacial score (nSPS) is 22.6. The summed E-state index contributed by atoms with van der Waals surface area (Å²) in [6.45, 7) is 4.65. The number of ether oxygens (including phenoxy) is 1. The van der Waals surface area contributed by atoms with E-state index in [4.69, 9.17) is 4.74 Å². The van der Waals surface area contributed by atoms with E-state index in [2.05, 4.69) is 14.9 Å². The molecule has 0 aliphatic carbocycles. The monoisotopic (exact) mass is 298 g/mol. The molecule has 2 rings (SSSR count). The molecule has 2 amide bonds. The molecule has 1 fully saturated rings. The van der Waals surface area contributed by atoms with Crippen LogP contribution in [0.5, 0.6) is 0 Å². The molecule has 1 aliphatic heterocycles. The highest BCUT2D eigenvalue weighted by Gasteiger charge is 2.40. The lowest BCUT2D eigenvalue weighted by Gasteiger charge is -2.38. The summed E-state index contributed by atoms with van der Waals surface area (Å²) in [5, 5.41) is 6.52. The number of hydrogen-bond donors (Lipinski definition) is 1. The van der Waals surface area contributed by atoms with Crippen molar-refractivity contribution in [3.05, 3.63) is 10.6 Å². The minimum Gasteiger partial charge on any atom is -0.362 e. The first-order valence-electron chi connectivity index (χ1n) is 6.48. The summed E-state index contributed by atoms with van der Waals surface area (Å²) in [7, 11) is 1.56. The summed E-state index contributed by atoms with van der Waals surface area (Å²) in [4.78, 5) is 26.6. The van der Waals surface area contributed by atoms with E-state index in [0.717, 1.165) is 11.5 Å². The fourth-order valence-electron chi connectivity index (χ4n) is 2.19. The predicted octanol–water partition coefficient (Wildman–Crippen LogP) is 0.0776. The third-order valence-electron chi connectivity index (χ3n) is 3.35.